The molecule has 1 atom stereocenters. The van der Waals surface area contributed by atoms with Crippen molar-refractivity contribution in [1.82, 2.24) is 4.90 Å². The Kier molecular flexibility index (Phi) is 5.77. The van der Waals surface area contributed by atoms with Crippen LogP contribution in [0.1, 0.15) is 39.5 Å². The van der Waals surface area contributed by atoms with Crippen molar-refractivity contribution in [2.45, 2.75) is 51.7 Å². The Hall–Kier alpha value is -0.610. The van der Waals surface area contributed by atoms with Crippen LogP contribution in [0, 0.1) is 0 Å². The Labute approximate surface area is 97.6 Å². The molecule has 0 radical (unpaired) electrons. The Morgan fingerprint density at radius 3 is 2.81 bits per heavy atom. The van der Waals surface area contributed by atoms with Crippen LogP contribution in [-0.4, -0.2) is 47.8 Å². The molecule has 4 nitrogen and oxygen atoms in total. The minimum absolute atomic E-state index is 0.00855. The second-order valence-corrected chi connectivity index (χ2v) is 4.63. The normalized spacial score (nSPS) is 22.2. The van der Waals surface area contributed by atoms with Crippen molar-refractivity contribution in [3.63, 3.8) is 0 Å². The molecular formula is C12H23NO3. The quantitative estimate of drug-likeness (QED) is 0.787. The van der Waals surface area contributed by atoms with Crippen LogP contribution in [0.25, 0.3) is 0 Å². The molecule has 4 heteroatoms. The van der Waals surface area contributed by atoms with Gasteiger partial charge in [0.15, 0.2) is 0 Å². The Morgan fingerprint density at radius 2 is 2.19 bits per heavy atom. The van der Waals surface area contributed by atoms with Gasteiger partial charge in [0, 0.05) is 6.54 Å². The van der Waals surface area contributed by atoms with Crippen LogP contribution in [0.4, 0.5) is 0 Å². The van der Waals surface area contributed by atoms with E-state index in [0.717, 1.165) is 32.2 Å². The first kappa shape index (κ1) is 13.5. The van der Waals surface area contributed by atoms with Crippen molar-refractivity contribution >= 4 is 5.91 Å². The molecule has 1 aliphatic heterocycles. The summed E-state index contributed by atoms with van der Waals surface area (Å²) in [4.78, 5) is 13.7. The van der Waals surface area contributed by atoms with Crippen LogP contribution in [0.5, 0.6) is 0 Å². The van der Waals surface area contributed by atoms with Gasteiger partial charge in [0.1, 0.15) is 6.61 Å². The second kappa shape index (κ2) is 6.86. The van der Waals surface area contributed by atoms with Crippen LogP contribution in [-0.2, 0) is 9.53 Å². The SMILES string of the molecule is CC(C)OCC(=O)N1CCCCCC1CO. The summed E-state index contributed by atoms with van der Waals surface area (Å²) >= 11 is 0. The lowest BCUT2D eigenvalue weighted by molar-refractivity contribution is -0.140. The number of ether oxygens (including phenoxy) is 1. The van der Waals surface area contributed by atoms with Crippen molar-refractivity contribution in [3.05, 3.63) is 0 Å². The summed E-state index contributed by atoms with van der Waals surface area (Å²) in [6, 6.07) is -0.00855. The molecule has 1 amide bonds. The average Bonchev–Trinajstić information content (AvgIpc) is 2.50. The van der Waals surface area contributed by atoms with E-state index in [2.05, 4.69) is 0 Å². The number of rotatable bonds is 4. The minimum atomic E-state index is -0.00855. The van der Waals surface area contributed by atoms with E-state index in [0.29, 0.717) is 0 Å². The molecule has 94 valence electrons. The van der Waals surface area contributed by atoms with Gasteiger partial charge in [-0.15, -0.1) is 0 Å². The van der Waals surface area contributed by atoms with Crippen LogP contribution < -0.4 is 0 Å². The lowest BCUT2D eigenvalue weighted by Gasteiger charge is -2.28. The molecule has 0 aromatic rings. The number of carbonyl (C=O) groups excluding carboxylic acids is 1. The average molecular weight is 229 g/mol. The fraction of sp³-hybridized carbons (Fsp3) is 0.917. The van der Waals surface area contributed by atoms with Gasteiger partial charge in [0.2, 0.25) is 5.91 Å². The summed E-state index contributed by atoms with van der Waals surface area (Å²) in [5, 5.41) is 9.28. The Morgan fingerprint density at radius 1 is 1.44 bits per heavy atom. The maximum absolute atomic E-state index is 11.9. The summed E-state index contributed by atoms with van der Waals surface area (Å²) < 4.78 is 5.32. The van der Waals surface area contributed by atoms with E-state index in [1.54, 1.807) is 4.90 Å². The molecule has 1 heterocycles. The first-order valence-corrected chi connectivity index (χ1v) is 6.17. The van der Waals surface area contributed by atoms with Gasteiger partial charge in [-0.05, 0) is 26.7 Å². The molecule has 1 saturated heterocycles. The van der Waals surface area contributed by atoms with E-state index in [1.165, 1.54) is 0 Å². The zero-order chi connectivity index (χ0) is 12.0. The van der Waals surface area contributed by atoms with E-state index in [-0.39, 0.29) is 31.3 Å². The van der Waals surface area contributed by atoms with Crippen molar-refractivity contribution in [2.75, 3.05) is 19.8 Å². The molecule has 0 aromatic heterocycles. The molecule has 1 fully saturated rings. The fourth-order valence-corrected chi connectivity index (χ4v) is 2.02. The highest BCUT2D eigenvalue weighted by molar-refractivity contribution is 5.77. The fourth-order valence-electron chi connectivity index (χ4n) is 2.02. The highest BCUT2D eigenvalue weighted by Gasteiger charge is 2.24. The van der Waals surface area contributed by atoms with E-state index in [9.17, 15) is 9.90 Å². The number of likely N-dealkylation sites (tertiary alicyclic amines) is 1. The molecule has 1 rings (SSSR count). The monoisotopic (exact) mass is 229 g/mol. The van der Waals surface area contributed by atoms with Crippen molar-refractivity contribution in [3.8, 4) is 0 Å². The predicted octanol–water partition coefficient (Wildman–Crippen LogP) is 1.17. The molecule has 1 unspecified atom stereocenters. The zero-order valence-electron chi connectivity index (χ0n) is 10.3. The van der Waals surface area contributed by atoms with E-state index < -0.39 is 0 Å². The first-order chi connectivity index (χ1) is 7.65. The lowest BCUT2D eigenvalue weighted by atomic mass is 10.1. The standard InChI is InChI=1S/C12H23NO3/c1-10(2)16-9-12(15)13-7-5-3-4-6-11(13)8-14/h10-11,14H,3-9H2,1-2H3. The summed E-state index contributed by atoms with van der Waals surface area (Å²) in [5.41, 5.74) is 0. The summed E-state index contributed by atoms with van der Waals surface area (Å²) in [6.45, 7) is 4.78. The van der Waals surface area contributed by atoms with Gasteiger partial charge in [0.05, 0.1) is 18.8 Å². The molecule has 0 aliphatic carbocycles. The van der Waals surface area contributed by atoms with Crippen molar-refractivity contribution < 1.29 is 14.6 Å². The van der Waals surface area contributed by atoms with Crippen LogP contribution >= 0.6 is 0 Å². The maximum atomic E-state index is 11.9. The molecule has 1 N–H and O–H groups in total. The molecule has 0 spiro atoms. The van der Waals surface area contributed by atoms with Crippen molar-refractivity contribution in [2.24, 2.45) is 0 Å². The molecule has 16 heavy (non-hydrogen) atoms. The van der Waals surface area contributed by atoms with Crippen LogP contribution in [0.3, 0.4) is 0 Å². The molecule has 0 saturated carbocycles. The van der Waals surface area contributed by atoms with E-state index in [4.69, 9.17) is 4.74 Å². The predicted molar refractivity (Wildman–Crippen MR) is 62.1 cm³/mol. The van der Waals surface area contributed by atoms with Gasteiger partial charge in [-0.2, -0.15) is 0 Å². The van der Waals surface area contributed by atoms with Gasteiger partial charge < -0.3 is 14.7 Å². The van der Waals surface area contributed by atoms with Crippen molar-refractivity contribution in [1.29, 1.82) is 0 Å². The topological polar surface area (TPSA) is 49.8 Å². The molecule has 1 aliphatic rings. The van der Waals surface area contributed by atoms with Gasteiger partial charge in [-0.25, -0.2) is 0 Å². The molecule has 0 bridgehead atoms. The maximum Gasteiger partial charge on any atom is 0.248 e. The third-order valence-corrected chi connectivity index (χ3v) is 2.95. The van der Waals surface area contributed by atoms with Gasteiger partial charge in [-0.1, -0.05) is 12.8 Å². The molecular weight excluding hydrogens is 206 g/mol. The smallest absolute Gasteiger partial charge is 0.248 e. The first-order valence-electron chi connectivity index (χ1n) is 6.17. The number of nitrogens with zero attached hydrogens (tertiary/aromatic N) is 1. The van der Waals surface area contributed by atoms with Gasteiger partial charge in [0.25, 0.3) is 0 Å². The number of aliphatic hydroxyl groups excluding tert-OH is 1. The number of hydrogen-bond acceptors (Lipinski definition) is 3. The van der Waals surface area contributed by atoms with Crippen LogP contribution in [0.15, 0.2) is 0 Å². The van der Waals surface area contributed by atoms with Gasteiger partial charge in [-0.3, -0.25) is 4.79 Å². The van der Waals surface area contributed by atoms with Gasteiger partial charge >= 0.3 is 0 Å². The number of aliphatic hydroxyl groups is 1. The second-order valence-electron chi connectivity index (χ2n) is 4.63. The minimum Gasteiger partial charge on any atom is -0.394 e. The molecule has 0 aromatic carbocycles. The number of amides is 1. The van der Waals surface area contributed by atoms with E-state index >= 15 is 0 Å². The van der Waals surface area contributed by atoms with Crippen LogP contribution in [0.2, 0.25) is 0 Å². The number of hydrogen-bond donors (Lipinski definition) is 1. The summed E-state index contributed by atoms with van der Waals surface area (Å²) in [7, 11) is 0. The Bertz CT molecular complexity index is 218. The van der Waals surface area contributed by atoms with E-state index in [1.807, 2.05) is 13.8 Å². The highest BCUT2D eigenvalue weighted by atomic mass is 16.5. The number of carbonyl (C=O) groups is 1. The lowest BCUT2D eigenvalue weighted by Crippen LogP contribution is -2.44. The summed E-state index contributed by atoms with van der Waals surface area (Å²) in [6.07, 6.45) is 4.25. The third-order valence-electron chi connectivity index (χ3n) is 2.95. The highest BCUT2D eigenvalue weighted by Crippen LogP contribution is 2.16. The largest absolute Gasteiger partial charge is 0.394 e. The third kappa shape index (κ3) is 4.10. The summed E-state index contributed by atoms with van der Waals surface area (Å²) in [5.74, 6) is 0.00894. The Balaban J connectivity index is 2.49. The zero-order valence-corrected chi connectivity index (χ0v) is 10.3.